The molecule has 0 unspecified atom stereocenters. The molecule has 2 aliphatic rings. The second-order valence-electron chi connectivity index (χ2n) is 7.18. The van der Waals surface area contributed by atoms with Crippen molar-refractivity contribution in [1.29, 1.82) is 0 Å². The molecule has 0 aliphatic carbocycles. The molecule has 142 valence electrons. The van der Waals surface area contributed by atoms with E-state index in [1.165, 1.54) is 0 Å². The lowest BCUT2D eigenvalue weighted by Crippen LogP contribution is -2.45. The monoisotopic (exact) mass is 385 g/mol. The Morgan fingerprint density at radius 3 is 2.33 bits per heavy atom. The van der Waals surface area contributed by atoms with Crippen molar-refractivity contribution in [3.63, 3.8) is 0 Å². The van der Waals surface area contributed by atoms with Crippen molar-refractivity contribution < 1.29 is 19.0 Å². The van der Waals surface area contributed by atoms with Crippen molar-refractivity contribution >= 4 is 23.4 Å². The van der Waals surface area contributed by atoms with E-state index in [9.17, 15) is 4.79 Å². The average molecular weight is 385 g/mol. The molecule has 2 fully saturated rings. The smallest absolute Gasteiger partial charge is 0.234 e. The van der Waals surface area contributed by atoms with Crippen LogP contribution in [0.5, 0.6) is 5.75 Å². The van der Waals surface area contributed by atoms with Gasteiger partial charge in [-0.1, -0.05) is 30.3 Å². The number of amides is 1. The molecule has 0 spiro atoms. The summed E-state index contributed by atoms with van der Waals surface area (Å²) in [5.74, 6) is 2.80. The number of nitrogens with one attached hydrogen (secondary N) is 1. The summed E-state index contributed by atoms with van der Waals surface area (Å²) in [4.78, 5) is 12.7. The first-order chi connectivity index (χ1) is 13.1. The standard InChI is InChI=1S/C21H23NO4S/c1-21(13-24-19(25-14-21)15-5-3-2-4-6-15)20(23)22-16-7-9-17(10-8-16)26-18-11-27-12-18/h2-10,18-19H,11-14H2,1H3,(H,22,23). The van der Waals surface area contributed by atoms with Crippen molar-refractivity contribution in [1.82, 2.24) is 0 Å². The molecule has 2 aromatic carbocycles. The number of anilines is 1. The Hall–Kier alpha value is -2.02. The maximum Gasteiger partial charge on any atom is 0.234 e. The molecule has 1 amide bonds. The van der Waals surface area contributed by atoms with Crippen LogP contribution in [-0.4, -0.2) is 36.7 Å². The first-order valence-corrected chi connectivity index (χ1v) is 10.2. The van der Waals surface area contributed by atoms with E-state index in [1.807, 2.05) is 73.3 Å². The lowest BCUT2D eigenvalue weighted by molar-refractivity contribution is -0.226. The maximum absolute atomic E-state index is 12.7. The Bertz CT molecular complexity index is 769. The van der Waals surface area contributed by atoms with Crippen LogP contribution in [-0.2, 0) is 14.3 Å². The van der Waals surface area contributed by atoms with E-state index in [4.69, 9.17) is 14.2 Å². The Kier molecular flexibility index (Phi) is 5.38. The molecular weight excluding hydrogens is 362 g/mol. The molecule has 6 heteroatoms. The fourth-order valence-electron chi connectivity index (χ4n) is 2.92. The van der Waals surface area contributed by atoms with E-state index in [0.29, 0.717) is 19.3 Å². The Balaban J connectivity index is 1.32. The summed E-state index contributed by atoms with van der Waals surface area (Å²) < 4.78 is 17.5. The molecule has 2 saturated heterocycles. The first-order valence-electron chi connectivity index (χ1n) is 9.06. The minimum absolute atomic E-state index is 0.113. The summed E-state index contributed by atoms with van der Waals surface area (Å²) in [6.45, 7) is 2.47. The van der Waals surface area contributed by atoms with E-state index >= 15 is 0 Å². The number of rotatable bonds is 5. The largest absolute Gasteiger partial charge is 0.489 e. The molecule has 27 heavy (non-hydrogen) atoms. The highest BCUT2D eigenvalue weighted by atomic mass is 32.2. The van der Waals surface area contributed by atoms with Gasteiger partial charge in [-0.05, 0) is 31.2 Å². The molecule has 4 rings (SSSR count). The third-order valence-corrected chi connectivity index (χ3v) is 5.96. The van der Waals surface area contributed by atoms with Crippen molar-refractivity contribution in [2.75, 3.05) is 30.0 Å². The van der Waals surface area contributed by atoms with Gasteiger partial charge >= 0.3 is 0 Å². The SMILES string of the molecule is CC1(C(=O)Nc2ccc(OC3CSC3)cc2)COC(c2ccccc2)OC1. The van der Waals surface area contributed by atoms with Gasteiger partial charge in [0.25, 0.3) is 0 Å². The molecule has 0 radical (unpaired) electrons. The molecule has 0 saturated carbocycles. The van der Waals surface area contributed by atoms with E-state index in [-0.39, 0.29) is 5.91 Å². The normalized spacial score (nSPS) is 25.4. The van der Waals surface area contributed by atoms with Crippen LogP contribution in [0.15, 0.2) is 54.6 Å². The zero-order valence-corrected chi connectivity index (χ0v) is 16.0. The summed E-state index contributed by atoms with van der Waals surface area (Å²) in [5, 5.41) is 2.96. The molecule has 5 nitrogen and oxygen atoms in total. The van der Waals surface area contributed by atoms with Crippen LogP contribution in [0, 0.1) is 5.41 Å². The second-order valence-corrected chi connectivity index (χ2v) is 8.26. The van der Waals surface area contributed by atoms with E-state index in [0.717, 1.165) is 28.5 Å². The van der Waals surface area contributed by atoms with Crippen LogP contribution in [0.1, 0.15) is 18.8 Å². The molecule has 2 heterocycles. The third-order valence-electron chi connectivity index (χ3n) is 4.75. The molecular formula is C21H23NO4S. The van der Waals surface area contributed by atoms with Gasteiger partial charge in [-0.2, -0.15) is 11.8 Å². The first kappa shape index (κ1) is 18.3. The van der Waals surface area contributed by atoms with Gasteiger partial charge in [-0.3, -0.25) is 4.79 Å². The molecule has 2 aromatic rings. The third kappa shape index (κ3) is 4.29. The Morgan fingerprint density at radius 1 is 1.07 bits per heavy atom. The topological polar surface area (TPSA) is 56.8 Å². The lowest BCUT2D eigenvalue weighted by atomic mass is 9.90. The van der Waals surface area contributed by atoms with Crippen LogP contribution < -0.4 is 10.1 Å². The molecule has 0 atom stereocenters. The number of hydrogen-bond donors (Lipinski definition) is 1. The van der Waals surface area contributed by atoms with Gasteiger partial charge in [0.15, 0.2) is 6.29 Å². The van der Waals surface area contributed by atoms with Crippen LogP contribution in [0.2, 0.25) is 0 Å². The van der Waals surface area contributed by atoms with Crippen molar-refractivity contribution in [2.45, 2.75) is 19.3 Å². The van der Waals surface area contributed by atoms with Gasteiger partial charge in [-0.25, -0.2) is 0 Å². The zero-order valence-electron chi connectivity index (χ0n) is 15.2. The molecule has 0 aromatic heterocycles. The highest BCUT2D eigenvalue weighted by molar-refractivity contribution is 8.00. The summed E-state index contributed by atoms with van der Waals surface area (Å²) in [6.07, 6.45) is -0.114. The number of hydrogen-bond acceptors (Lipinski definition) is 5. The highest BCUT2D eigenvalue weighted by Gasteiger charge is 2.39. The van der Waals surface area contributed by atoms with Gasteiger partial charge in [0.2, 0.25) is 5.91 Å². The van der Waals surface area contributed by atoms with Gasteiger partial charge in [0.05, 0.1) is 18.6 Å². The Labute approximate surface area is 163 Å². The van der Waals surface area contributed by atoms with Crippen LogP contribution in [0.3, 0.4) is 0 Å². The minimum Gasteiger partial charge on any atom is -0.489 e. The Morgan fingerprint density at radius 2 is 1.74 bits per heavy atom. The fraction of sp³-hybridized carbons (Fsp3) is 0.381. The lowest BCUT2D eigenvalue weighted by Gasteiger charge is -2.36. The van der Waals surface area contributed by atoms with Gasteiger partial charge in [-0.15, -0.1) is 0 Å². The van der Waals surface area contributed by atoms with Crippen LogP contribution in [0.25, 0.3) is 0 Å². The summed E-state index contributed by atoms with van der Waals surface area (Å²) >= 11 is 1.88. The van der Waals surface area contributed by atoms with Gasteiger partial charge < -0.3 is 19.5 Å². The van der Waals surface area contributed by atoms with Gasteiger partial charge in [0, 0.05) is 22.8 Å². The van der Waals surface area contributed by atoms with Gasteiger partial charge in [0.1, 0.15) is 11.9 Å². The molecule has 0 bridgehead atoms. The van der Waals surface area contributed by atoms with E-state index < -0.39 is 11.7 Å². The highest BCUT2D eigenvalue weighted by Crippen LogP contribution is 2.33. The molecule has 2 aliphatic heterocycles. The van der Waals surface area contributed by atoms with Crippen LogP contribution in [0.4, 0.5) is 5.69 Å². The molecule has 1 N–H and O–H groups in total. The van der Waals surface area contributed by atoms with E-state index in [1.54, 1.807) is 0 Å². The second kappa shape index (κ2) is 7.92. The van der Waals surface area contributed by atoms with Crippen molar-refractivity contribution in [3.05, 3.63) is 60.2 Å². The minimum atomic E-state index is -0.733. The number of benzene rings is 2. The maximum atomic E-state index is 12.7. The van der Waals surface area contributed by atoms with Crippen LogP contribution >= 0.6 is 11.8 Å². The predicted octanol–water partition coefficient (Wildman–Crippen LogP) is 3.87. The fourth-order valence-corrected chi connectivity index (χ4v) is 3.48. The quantitative estimate of drug-likeness (QED) is 0.847. The summed E-state index contributed by atoms with van der Waals surface area (Å²) in [7, 11) is 0. The summed E-state index contributed by atoms with van der Waals surface area (Å²) in [5.41, 5.74) is 0.964. The van der Waals surface area contributed by atoms with Crippen molar-refractivity contribution in [3.8, 4) is 5.75 Å². The van der Waals surface area contributed by atoms with E-state index in [2.05, 4.69) is 5.32 Å². The number of carbonyl (C=O) groups is 1. The number of thioether (sulfide) groups is 1. The number of carbonyl (C=O) groups excluding carboxylic acids is 1. The van der Waals surface area contributed by atoms with Crippen molar-refractivity contribution in [2.24, 2.45) is 5.41 Å². The predicted molar refractivity (Wildman–Crippen MR) is 106 cm³/mol. The average Bonchev–Trinajstić information content (AvgIpc) is 2.67. The number of ether oxygens (including phenoxy) is 3. The summed E-state index contributed by atoms with van der Waals surface area (Å²) in [6, 6.07) is 17.3. The zero-order chi connectivity index (χ0) is 18.7.